The third-order valence-corrected chi connectivity index (χ3v) is 8.07. The average molecular weight is 519 g/mol. The molecular formula is C30H30N8O. The number of imidazole rings is 1. The Morgan fingerprint density at radius 1 is 0.949 bits per heavy atom. The minimum atomic E-state index is 0.280. The smallest absolute Gasteiger partial charge is 0.237 e. The number of benzene rings is 2. The number of nitrogens with zero attached hydrogens (tertiary/aromatic N) is 6. The number of aromatic amines is 2. The zero-order chi connectivity index (χ0) is 26.2. The number of nitriles is 1. The monoisotopic (exact) mass is 518 g/mol. The summed E-state index contributed by atoms with van der Waals surface area (Å²) in [7, 11) is 0. The third-order valence-electron chi connectivity index (χ3n) is 8.07. The molecular weight excluding hydrogens is 488 g/mol. The van der Waals surface area contributed by atoms with Crippen molar-refractivity contribution in [2.45, 2.75) is 38.1 Å². The Balaban J connectivity index is 1.09. The Labute approximate surface area is 226 Å². The van der Waals surface area contributed by atoms with Gasteiger partial charge in [0.1, 0.15) is 23.1 Å². The van der Waals surface area contributed by atoms with Crippen LogP contribution in [0.3, 0.4) is 0 Å². The molecule has 0 radical (unpaired) electrons. The quantitative estimate of drug-likeness (QED) is 0.311. The summed E-state index contributed by atoms with van der Waals surface area (Å²) in [5.41, 5.74) is 5.13. The lowest BCUT2D eigenvalue weighted by Crippen LogP contribution is -2.46. The second-order valence-electron chi connectivity index (χ2n) is 10.5. The topological polar surface area (TPSA) is 110 Å². The average Bonchev–Trinajstić information content (AvgIpc) is 3.61. The largest absolute Gasteiger partial charge is 0.438 e. The van der Waals surface area contributed by atoms with E-state index in [1.54, 1.807) is 18.3 Å². The van der Waals surface area contributed by atoms with Crippen LogP contribution in [0.25, 0.3) is 33.5 Å². The van der Waals surface area contributed by atoms with Gasteiger partial charge in [-0.05, 0) is 81.2 Å². The van der Waals surface area contributed by atoms with Crippen molar-refractivity contribution in [3.8, 4) is 29.2 Å². The van der Waals surface area contributed by atoms with E-state index in [4.69, 9.17) is 9.72 Å². The molecule has 7 rings (SSSR count). The third kappa shape index (κ3) is 4.57. The Bertz CT molecular complexity index is 1670. The van der Waals surface area contributed by atoms with E-state index in [0.29, 0.717) is 11.3 Å². The highest BCUT2D eigenvalue weighted by Gasteiger charge is 2.26. The van der Waals surface area contributed by atoms with Crippen LogP contribution in [-0.2, 0) is 0 Å². The Morgan fingerprint density at radius 2 is 1.82 bits per heavy atom. The lowest BCUT2D eigenvalue weighted by atomic mass is 9.99. The summed E-state index contributed by atoms with van der Waals surface area (Å²) in [5, 5.41) is 17.9. The molecule has 0 saturated carbocycles. The number of ether oxygens (including phenoxy) is 1. The van der Waals surface area contributed by atoms with Crippen molar-refractivity contribution in [1.82, 2.24) is 30.0 Å². The van der Waals surface area contributed by atoms with E-state index < -0.39 is 0 Å². The number of anilines is 1. The first kappa shape index (κ1) is 23.7. The summed E-state index contributed by atoms with van der Waals surface area (Å²) in [6, 6.07) is 18.4. The van der Waals surface area contributed by atoms with Crippen LogP contribution in [0.4, 0.5) is 5.69 Å². The van der Waals surface area contributed by atoms with Gasteiger partial charge in [0.25, 0.3) is 0 Å². The predicted molar refractivity (Wildman–Crippen MR) is 151 cm³/mol. The predicted octanol–water partition coefficient (Wildman–Crippen LogP) is 5.62. The maximum Gasteiger partial charge on any atom is 0.237 e. The highest BCUT2D eigenvalue weighted by molar-refractivity contribution is 5.94. The Kier molecular flexibility index (Phi) is 6.10. The van der Waals surface area contributed by atoms with Gasteiger partial charge in [0.2, 0.25) is 5.88 Å². The summed E-state index contributed by atoms with van der Waals surface area (Å²) >= 11 is 0. The van der Waals surface area contributed by atoms with Crippen LogP contribution in [0.5, 0.6) is 11.6 Å². The fraction of sp³-hybridized carbons (Fsp3) is 0.333. The van der Waals surface area contributed by atoms with Crippen molar-refractivity contribution in [1.29, 1.82) is 5.26 Å². The van der Waals surface area contributed by atoms with E-state index in [-0.39, 0.29) is 5.88 Å². The van der Waals surface area contributed by atoms with Crippen molar-refractivity contribution in [2.24, 2.45) is 0 Å². The first-order valence-electron chi connectivity index (χ1n) is 13.8. The molecule has 9 heteroatoms. The lowest BCUT2D eigenvalue weighted by molar-refractivity contribution is 0.141. The number of hydrogen-bond acceptors (Lipinski definition) is 7. The number of fused-ring (bicyclic) bond motifs is 2. The number of rotatable bonds is 5. The molecule has 2 fully saturated rings. The molecule has 5 aromatic rings. The van der Waals surface area contributed by atoms with E-state index in [9.17, 15) is 5.26 Å². The van der Waals surface area contributed by atoms with Crippen molar-refractivity contribution in [3.05, 3.63) is 60.3 Å². The second kappa shape index (κ2) is 10.0. The number of H-pyrrole nitrogens is 2. The standard InChI is InChI=1S/C30H30N8O/c31-19-20-5-4-12-32-30(20)39-23-7-8-24-26(18-23)35-36-28(24)29-33-25-9-6-22(17-27(25)34-29)38-15-10-21(11-16-38)37-13-2-1-3-14-37/h4-9,12,17-18,21H,1-3,10-11,13-16H2,(H,33,34)(H,35,36). The van der Waals surface area contributed by atoms with Crippen LogP contribution >= 0.6 is 0 Å². The number of nitrogens with one attached hydrogen (secondary N) is 2. The van der Waals surface area contributed by atoms with Crippen LogP contribution in [0, 0.1) is 11.3 Å². The zero-order valence-electron chi connectivity index (χ0n) is 21.7. The number of hydrogen-bond donors (Lipinski definition) is 2. The SMILES string of the molecule is N#Cc1cccnc1Oc1ccc2c(-c3nc4ccc(N5CCC(N6CCCCC6)CC5)cc4[nH]3)n[nH]c2c1. The normalized spacial score (nSPS) is 17.1. The Morgan fingerprint density at radius 3 is 2.67 bits per heavy atom. The molecule has 196 valence electrons. The summed E-state index contributed by atoms with van der Waals surface area (Å²) in [6.07, 6.45) is 8.17. The maximum absolute atomic E-state index is 9.31. The number of pyridine rings is 1. The molecule has 2 aliphatic rings. The van der Waals surface area contributed by atoms with E-state index in [0.717, 1.165) is 52.6 Å². The molecule has 2 aliphatic heterocycles. The van der Waals surface area contributed by atoms with Gasteiger partial charge in [-0.1, -0.05) is 6.42 Å². The van der Waals surface area contributed by atoms with Gasteiger partial charge in [-0.15, -0.1) is 0 Å². The van der Waals surface area contributed by atoms with Crippen LogP contribution in [0.15, 0.2) is 54.7 Å². The summed E-state index contributed by atoms with van der Waals surface area (Å²) in [6.45, 7) is 4.74. The Hall–Kier alpha value is -4.42. The van der Waals surface area contributed by atoms with Crippen LogP contribution < -0.4 is 9.64 Å². The van der Waals surface area contributed by atoms with Gasteiger partial charge in [-0.25, -0.2) is 9.97 Å². The van der Waals surface area contributed by atoms with Crippen molar-refractivity contribution >= 4 is 27.6 Å². The van der Waals surface area contributed by atoms with E-state index in [2.05, 4.69) is 54.2 Å². The molecule has 9 nitrogen and oxygen atoms in total. The van der Waals surface area contributed by atoms with Gasteiger partial charge in [0, 0.05) is 42.5 Å². The number of piperidine rings is 2. The molecule has 3 aromatic heterocycles. The molecule has 39 heavy (non-hydrogen) atoms. The van der Waals surface area contributed by atoms with Gasteiger partial charge < -0.3 is 19.5 Å². The molecule has 2 N–H and O–H groups in total. The van der Waals surface area contributed by atoms with Crippen LogP contribution in [0.1, 0.15) is 37.7 Å². The van der Waals surface area contributed by atoms with E-state index in [1.807, 2.05) is 18.2 Å². The molecule has 5 heterocycles. The van der Waals surface area contributed by atoms with Gasteiger partial charge >= 0.3 is 0 Å². The highest BCUT2D eigenvalue weighted by atomic mass is 16.5. The first-order chi connectivity index (χ1) is 19.2. The van der Waals surface area contributed by atoms with E-state index in [1.165, 1.54) is 50.9 Å². The fourth-order valence-corrected chi connectivity index (χ4v) is 5.99. The minimum Gasteiger partial charge on any atom is -0.438 e. The van der Waals surface area contributed by atoms with Crippen molar-refractivity contribution in [2.75, 3.05) is 31.1 Å². The molecule has 0 bridgehead atoms. The molecule has 0 amide bonds. The zero-order valence-corrected chi connectivity index (χ0v) is 21.7. The summed E-state index contributed by atoms with van der Waals surface area (Å²) < 4.78 is 5.87. The van der Waals surface area contributed by atoms with Crippen molar-refractivity contribution < 1.29 is 4.74 Å². The van der Waals surface area contributed by atoms with Gasteiger partial charge in [-0.2, -0.15) is 10.4 Å². The minimum absolute atomic E-state index is 0.280. The molecule has 0 spiro atoms. The van der Waals surface area contributed by atoms with E-state index >= 15 is 0 Å². The van der Waals surface area contributed by atoms with Gasteiger partial charge in [0.15, 0.2) is 5.82 Å². The maximum atomic E-state index is 9.31. The molecule has 2 aromatic carbocycles. The summed E-state index contributed by atoms with van der Waals surface area (Å²) in [5.74, 6) is 1.58. The molecule has 0 unspecified atom stereocenters. The van der Waals surface area contributed by atoms with Crippen LogP contribution in [0.2, 0.25) is 0 Å². The molecule has 0 aliphatic carbocycles. The van der Waals surface area contributed by atoms with Crippen molar-refractivity contribution in [3.63, 3.8) is 0 Å². The van der Waals surface area contributed by atoms with Crippen LogP contribution in [-0.4, -0.2) is 62.3 Å². The first-order valence-corrected chi connectivity index (χ1v) is 13.8. The van der Waals surface area contributed by atoms with Gasteiger partial charge in [0.05, 0.1) is 16.6 Å². The second-order valence-corrected chi connectivity index (χ2v) is 10.5. The number of aromatic nitrogens is 5. The summed E-state index contributed by atoms with van der Waals surface area (Å²) in [4.78, 5) is 17.7. The molecule has 2 saturated heterocycles. The molecule has 0 atom stereocenters. The fourth-order valence-electron chi connectivity index (χ4n) is 5.99. The highest BCUT2D eigenvalue weighted by Crippen LogP contribution is 2.32. The lowest BCUT2D eigenvalue weighted by Gasteiger charge is -2.41. The number of likely N-dealkylation sites (tertiary alicyclic amines) is 1. The van der Waals surface area contributed by atoms with Gasteiger partial charge in [-0.3, -0.25) is 5.10 Å².